The van der Waals surface area contributed by atoms with Gasteiger partial charge in [-0.3, -0.25) is 4.57 Å². The Morgan fingerprint density at radius 3 is 2.67 bits per heavy atom. The number of morpholine rings is 1. The maximum absolute atomic E-state index is 5.93. The van der Waals surface area contributed by atoms with Gasteiger partial charge in [-0.2, -0.15) is 0 Å². The standard InChI is InChI=1S/C21H24N4O2/c1-2-8-18-16(5-1)6-3-9-19(18)20-22-23-21(24-10-13-26-14-11-24)25(20)15-17-7-4-12-27-17/h1-3,5-6,8-9,17H,4,7,10-15H2. The first kappa shape index (κ1) is 16.7. The summed E-state index contributed by atoms with van der Waals surface area (Å²) in [5, 5.41) is 11.6. The second kappa shape index (κ2) is 7.29. The summed E-state index contributed by atoms with van der Waals surface area (Å²) in [6.45, 7) is 4.80. The number of aromatic nitrogens is 3. The van der Waals surface area contributed by atoms with Crippen LogP contribution in [0.4, 0.5) is 5.95 Å². The quantitative estimate of drug-likeness (QED) is 0.712. The molecule has 3 aromatic rings. The molecule has 140 valence electrons. The molecule has 0 aliphatic carbocycles. The lowest BCUT2D eigenvalue weighted by Crippen LogP contribution is -2.38. The summed E-state index contributed by atoms with van der Waals surface area (Å²) in [4.78, 5) is 2.28. The van der Waals surface area contributed by atoms with Crippen molar-refractivity contribution >= 4 is 16.7 Å². The van der Waals surface area contributed by atoms with Gasteiger partial charge in [0.1, 0.15) is 0 Å². The average Bonchev–Trinajstić information content (AvgIpc) is 3.39. The molecule has 6 nitrogen and oxygen atoms in total. The van der Waals surface area contributed by atoms with Crippen molar-refractivity contribution in [1.29, 1.82) is 0 Å². The molecule has 2 aromatic carbocycles. The average molecular weight is 364 g/mol. The normalized spacial score (nSPS) is 20.4. The predicted molar refractivity (Wildman–Crippen MR) is 105 cm³/mol. The summed E-state index contributed by atoms with van der Waals surface area (Å²) in [6.07, 6.45) is 2.45. The molecule has 5 rings (SSSR count). The van der Waals surface area contributed by atoms with Crippen molar-refractivity contribution < 1.29 is 9.47 Å². The van der Waals surface area contributed by atoms with Crippen LogP contribution in [0.5, 0.6) is 0 Å². The molecule has 2 aliphatic heterocycles. The monoisotopic (exact) mass is 364 g/mol. The third kappa shape index (κ3) is 3.19. The second-order valence-corrected chi connectivity index (χ2v) is 7.20. The first-order valence-electron chi connectivity index (χ1n) is 9.76. The van der Waals surface area contributed by atoms with E-state index in [9.17, 15) is 0 Å². The molecule has 0 bridgehead atoms. The lowest BCUT2D eigenvalue weighted by atomic mass is 10.0. The number of ether oxygens (including phenoxy) is 2. The SMILES string of the molecule is c1ccc2c(-c3nnc(N4CCOCC4)n3CC3CCCO3)cccc2c1. The molecule has 27 heavy (non-hydrogen) atoms. The van der Waals surface area contributed by atoms with E-state index in [1.165, 1.54) is 10.8 Å². The Bertz CT molecular complexity index is 922. The van der Waals surface area contributed by atoms with Gasteiger partial charge in [0, 0.05) is 25.3 Å². The molecule has 3 heterocycles. The van der Waals surface area contributed by atoms with E-state index in [1.54, 1.807) is 0 Å². The van der Waals surface area contributed by atoms with E-state index in [4.69, 9.17) is 9.47 Å². The molecule has 0 radical (unpaired) electrons. The molecule has 0 spiro atoms. The fourth-order valence-electron chi connectivity index (χ4n) is 4.07. The Balaban J connectivity index is 1.61. The zero-order valence-electron chi connectivity index (χ0n) is 15.4. The van der Waals surface area contributed by atoms with E-state index in [0.717, 1.165) is 69.6 Å². The van der Waals surface area contributed by atoms with Gasteiger partial charge in [0.2, 0.25) is 5.95 Å². The summed E-state index contributed by atoms with van der Waals surface area (Å²) in [5.41, 5.74) is 1.12. The van der Waals surface area contributed by atoms with E-state index in [1.807, 2.05) is 0 Å². The Morgan fingerprint density at radius 1 is 0.963 bits per heavy atom. The van der Waals surface area contributed by atoms with E-state index in [-0.39, 0.29) is 6.10 Å². The fraction of sp³-hybridized carbons (Fsp3) is 0.429. The Morgan fingerprint density at radius 2 is 1.81 bits per heavy atom. The lowest BCUT2D eigenvalue weighted by Gasteiger charge is -2.28. The van der Waals surface area contributed by atoms with Gasteiger partial charge in [0.05, 0.1) is 25.9 Å². The van der Waals surface area contributed by atoms with Gasteiger partial charge >= 0.3 is 0 Å². The number of benzene rings is 2. The van der Waals surface area contributed by atoms with Crippen LogP contribution in [0.25, 0.3) is 22.2 Å². The maximum Gasteiger partial charge on any atom is 0.227 e. The van der Waals surface area contributed by atoms with Crippen LogP contribution in [0, 0.1) is 0 Å². The number of anilines is 1. The van der Waals surface area contributed by atoms with Gasteiger partial charge in [-0.1, -0.05) is 42.5 Å². The molecule has 0 saturated carbocycles. The van der Waals surface area contributed by atoms with Gasteiger partial charge in [-0.25, -0.2) is 0 Å². The molecular formula is C21H24N4O2. The fourth-order valence-corrected chi connectivity index (χ4v) is 4.07. The smallest absolute Gasteiger partial charge is 0.227 e. The van der Waals surface area contributed by atoms with Crippen molar-refractivity contribution in [1.82, 2.24) is 14.8 Å². The minimum atomic E-state index is 0.231. The second-order valence-electron chi connectivity index (χ2n) is 7.20. The van der Waals surface area contributed by atoms with Crippen molar-refractivity contribution in [3.05, 3.63) is 42.5 Å². The van der Waals surface area contributed by atoms with E-state index in [0.29, 0.717) is 0 Å². The number of rotatable bonds is 4. The largest absolute Gasteiger partial charge is 0.378 e. The molecular weight excluding hydrogens is 340 g/mol. The van der Waals surface area contributed by atoms with Crippen LogP contribution in [-0.2, 0) is 16.0 Å². The summed E-state index contributed by atoms with van der Waals surface area (Å²) >= 11 is 0. The molecule has 2 fully saturated rings. The summed E-state index contributed by atoms with van der Waals surface area (Å²) in [6, 6.07) is 14.8. The zero-order valence-corrected chi connectivity index (χ0v) is 15.4. The highest BCUT2D eigenvalue weighted by molar-refractivity contribution is 5.95. The molecule has 1 unspecified atom stereocenters. The molecule has 1 atom stereocenters. The van der Waals surface area contributed by atoms with Gasteiger partial charge in [-0.15, -0.1) is 10.2 Å². The molecule has 2 aliphatic rings. The first-order chi connectivity index (χ1) is 13.4. The summed E-state index contributed by atoms with van der Waals surface area (Å²) in [5.74, 6) is 1.85. The predicted octanol–water partition coefficient (Wildman–Crippen LogP) is 3.11. The molecule has 2 saturated heterocycles. The third-order valence-electron chi connectivity index (χ3n) is 5.47. The molecule has 0 N–H and O–H groups in total. The first-order valence-corrected chi connectivity index (χ1v) is 9.76. The van der Waals surface area contributed by atoms with E-state index in [2.05, 4.69) is 62.1 Å². The van der Waals surface area contributed by atoms with Gasteiger partial charge in [-0.05, 0) is 23.6 Å². The van der Waals surface area contributed by atoms with E-state index >= 15 is 0 Å². The van der Waals surface area contributed by atoms with Crippen LogP contribution in [0.3, 0.4) is 0 Å². The topological polar surface area (TPSA) is 52.4 Å². The highest BCUT2D eigenvalue weighted by Crippen LogP contribution is 2.31. The van der Waals surface area contributed by atoms with Gasteiger partial charge < -0.3 is 14.4 Å². The van der Waals surface area contributed by atoms with Gasteiger partial charge in [0.25, 0.3) is 0 Å². The number of hydrogen-bond acceptors (Lipinski definition) is 5. The van der Waals surface area contributed by atoms with Crippen LogP contribution >= 0.6 is 0 Å². The Labute approximate surface area is 158 Å². The van der Waals surface area contributed by atoms with Crippen molar-refractivity contribution in [2.75, 3.05) is 37.8 Å². The molecule has 6 heteroatoms. The van der Waals surface area contributed by atoms with Crippen molar-refractivity contribution in [2.24, 2.45) is 0 Å². The summed E-state index contributed by atoms with van der Waals surface area (Å²) in [7, 11) is 0. The maximum atomic E-state index is 5.93. The van der Waals surface area contributed by atoms with Crippen LogP contribution in [-0.4, -0.2) is 53.8 Å². The molecule has 0 amide bonds. The minimum Gasteiger partial charge on any atom is -0.378 e. The molecule has 1 aromatic heterocycles. The van der Waals surface area contributed by atoms with Crippen molar-refractivity contribution in [2.45, 2.75) is 25.5 Å². The Hall–Kier alpha value is -2.44. The van der Waals surface area contributed by atoms with Crippen LogP contribution in [0.15, 0.2) is 42.5 Å². The highest BCUT2D eigenvalue weighted by Gasteiger charge is 2.25. The number of fused-ring (bicyclic) bond motifs is 1. The highest BCUT2D eigenvalue weighted by atomic mass is 16.5. The van der Waals surface area contributed by atoms with Crippen molar-refractivity contribution in [3.8, 4) is 11.4 Å². The number of hydrogen-bond donors (Lipinski definition) is 0. The summed E-state index contributed by atoms with van der Waals surface area (Å²) < 4.78 is 13.7. The van der Waals surface area contributed by atoms with Crippen LogP contribution in [0.1, 0.15) is 12.8 Å². The van der Waals surface area contributed by atoms with Gasteiger partial charge in [0.15, 0.2) is 5.82 Å². The number of nitrogens with zero attached hydrogens (tertiary/aromatic N) is 4. The third-order valence-corrected chi connectivity index (χ3v) is 5.47. The van der Waals surface area contributed by atoms with Crippen LogP contribution in [0.2, 0.25) is 0 Å². The minimum absolute atomic E-state index is 0.231. The van der Waals surface area contributed by atoms with Crippen molar-refractivity contribution in [3.63, 3.8) is 0 Å². The lowest BCUT2D eigenvalue weighted by molar-refractivity contribution is 0.0965. The van der Waals surface area contributed by atoms with E-state index < -0.39 is 0 Å². The zero-order chi connectivity index (χ0) is 18.1. The Kier molecular flexibility index (Phi) is 4.51. The van der Waals surface area contributed by atoms with Crippen LogP contribution < -0.4 is 4.90 Å².